The van der Waals surface area contributed by atoms with Gasteiger partial charge in [0.2, 0.25) is 0 Å². The first-order chi connectivity index (χ1) is 11.1. The highest BCUT2D eigenvalue weighted by Gasteiger charge is 2.24. The van der Waals surface area contributed by atoms with E-state index in [1.807, 2.05) is 24.3 Å². The molecule has 0 aliphatic rings. The second-order valence-corrected chi connectivity index (χ2v) is 5.43. The number of methoxy groups -OCH3 is 1. The van der Waals surface area contributed by atoms with Crippen LogP contribution in [0.5, 0.6) is 0 Å². The molecule has 0 radical (unpaired) electrons. The van der Waals surface area contributed by atoms with Crippen molar-refractivity contribution in [2.75, 3.05) is 18.6 Å². The number of H-pyrrole nitrogens is 1. The van der Waals surface area contributed by atoms with Crippen LogP contribution in [-0.2, 0) is 9.53 Å². The Morgan fingerprint density at radius 1 is 1.26 bits per heavy atom. The summed E-state index contributed by atoms with van der Waals surface area (Å²) in [6.07, 6.45) is 0. The molecule has 0 saturated carbocycles. The van der Waals surface area contributed by atoms with Crippen LogP contribution >= 0.6 is 11.8 Å². The molecule has 6 nitrogen and oxygen atoms in total. The van der Waals surface area contributed by atoms with Crippen LogP contribution in [0.25, 0.3) is 11.1 Å². The summed E-state index contributed by atoms with van der Waals surface area (Å²) in [5, 5.41) is 19.4. The van der Waals surface area contributed by atoms with Gasteiger partial charge in [-0.1, -0.05) is 42.1 Å². The van der Waals surface area contributed by atoms with Crippen LogP contribution in [-0.4, -0.2) is 18.8 Å². The van der Waals surface area contributed by atoms with Crippen molar-refractivity contribution in [3.8, 4) is 23.3 Å². The number of rotatable bonds is 4. The largest absolute Gasteiger partial charge is 0.468 e. The van der Waals surface area contributed by atoms with Crippen molar-refractivity contribution >= 4 is 23.5 Å². The third-order valence-electron chi connectivity index (χ3n) is 3.09. The molecule has 0 saturated heterocycles. The molecule has 1 aromatic carbocycles. The molecule has 0 spiro atoms. The number of nitrogen functional groups attached to an aromatic ring is 1. The number of carbonyl (C=O) groups excluding carboxylic acids is 1. The number of carbonyl (C=O) groups is 1. The number of anilines is 1. The normalized spacial score (nSPS) is 9.70. The number of thioether (sulfide) groups is 1. The van der Waals surface area contributed by atoms with Crippen molar-refractivity contribution in [1.29, 1.82) is 10.5 Å². The molecule has 23 heavy (non-hydrogen) atoms. The van der Waals surface area contributed by atoms with Crippen molar-refractivity contribution in [3.63, 3.8) is 0 Å². The molecule has 3 N–H and O–H groups in total. The lowest BCUT2D eigenvalue weighted by Crippen LogP contribution is -2.19. The number of pyridine rings is 1. The average Bonchev–Trinajstić information content (AvgIpc) is 2.59. The molecule has 2 rings (SSSR count). The van der Waals surface area contributed by atoms with Crippen LogP contribution in [0.2, 0.25) is 0 Å². The number of aromatic nitrogens is 1. The Balaban J connectivity index is 2.64. The number of nitrogens with two attached hydrogens (primary N) is 1. The summed E-state index contributed by atoms with van der Waals surface area (Å²) in [7, 11) is 1.29. The summed E-state index contributed by atoms with van der Waals surface area (Å²) in [5.41, 5.74) is 7.56. The van der Waals surface area contributed by atoms with Crippen molar-refractivity contribution < 1.29 is 14.5 Å². The van der Waals surface area contributed by atoms with Gasteiger partial charge in [0.1, 0.15) is 23.3 Å². The number of esters is 1. The predicted octanol–water partition coefficient (Wildman–Crippen LogP) is 1.76. The Hall–Kier alpha value is -3.03. The fraction of sp³-hybridized carbons (Fsp3) is 0.125. The van der Waals surface area contributed by atoms with E-state index in [0.29, 0.717) is 16.2 Å². The van der Waals surface area contributed by atoms with Gasteiger partial charge in [0.05, 0.1) is 12.9 Å². The average molecular weight is 325 g/mol. The Bertz CT molecular complexity index is 823. The van der Waals surface area contributed by atoms with Crippen molar-refractivity contribution in [2.24, 2.45) is 0 Å². The van der Waals surface area contributed by atoms with Crippen LogP contribution in [0.15, 0.2) is 35.4 Å². The summed E-state index contributed by atoms with van der Waals surface area (Å²) in [6.45, 7) is 0. The summed E-state index contributed by atoms with van der Waals surface area (Å²) < 4.78 is 4.60. The van der Waals surface area contributed by atoms with E-state index in [4.69, 9.17) is 5.73 Å². The second kappa shape index (κ2) is 7.30. The summed E-state index contributed by atoms with van der Waals surface area (Å²) >= 11 is 1.10. The lowest BCUT2D eigenvalue weighted by molar-refractivity contribution is -0.410. The number of aromatic amines is 1. The van der Waals surface area contributed by atoms with Gasteiger partial charge < -0.3 is 4.74 Å². The van der Waals surface area contributed by atoms with Gasteiger partial charge in [0, 0.05) is 5.56 Å². The molecular formula is C16H13N4O2S+. The fourth-order valence-corrected chi connectivity index (χ4v) is 2.89. The standard InChI is InChI=1S/C16H12N4O2S/c1-22-13(21)9-23-16-12(8-18)14(10-5-3-2-4-6-10)11(7-17)15(19)20-16/h2-6H,9H2,1H3,(H2,19,20)/p+1. The van der Waals surface area contributed by atoms with E-state index in [1.165, 1.54) is 7.11 Å². The molecule has 2 aromatic rings. The Morgan fingerprint density at radius 3 is 2.48 bits per heavy atom. The van der Waals surface area contributed by atoms with Gasteiger partial charge in [0.25, 0.3) is 5.82 Å². The minimum atomic E-state index is -0.420. The Kier molecular flexibility index (Phi) is 5.19. The van der Waals surface area contributed by atoms with Crippen molar-refractivity contribution in [2.45, 2.75) is 5.03 Å². The summed E-state index contributed by atoms with van der Waals surface area (Å²) in [6, 6.07) is 13.2. The fourth-order valence-electron chi connectivity index (χ4n) is 2.04. The van der Waals surface area contributed by atoms with Crippen LogP contribution in [0, 0.1) is 22.7 Å². The molecule has 0 amide bonds. The van der Waals surface area contributed by atoms with Gasteiger partial charge in [0.15, 0.2) is 5.03 Å². The zero-order chi connectivity index (χ0) is 16.8. The first-order valence-electron chi connectivity index (χ1n) is 6.56. The zero-order valence-corrected chi connectivity index (χ0v) is 13.1. The lowest BCUT2D eigenvalue weighted by Gasteiger charge is -2.09. The molecule has 0 aliphatic carbocycles. The van der Waals surface area contributed by atoms with Gasteiger partial charge in [-0.05, 0) is 5.56 Å². The van der Waals surface area contributed by atoms with Gasteiger partial charge >= 0.3 is 5.97 Å². The highest BCUT2D eigenvalue weighted by Crippen LogP contribution is 2.33. The Morgan fingerprint density at radius 2 is 1.91 bits per heavy atom. The third-order valence-corrected chi connectivity index (χ3v) is 4.07. The summed E-state index contributed by atoms with van der Waals surface area (Å²) in [5.74, 6) is -0.240. The SMILES string of the molecule is COC(=O)CSc1[nH+]c(N)c(C#N)c(-c2ccccc2)c1C#N. The molecule has 1 aromatic heterocycles. The predicted molar refractivity (Wildman–Crippen MR) is 85.0 cm³/mol. The van der Waals surface area contributed by atoms with Crippen LogP contribution in [0.4, 0.5) is 5.82 Å². The van der Waals surface area contributed by atoms with Crippen LogP contribution in [0.3, 0.4) is 0 Å². The highest BCUT2D eigenvalue weighted by molar-refractivity contribution is 7.99. The van der Waals surface area contributed by atoms with Gasteiger partial charge in [-0.2, -0.15) is 10.5 Å². The van der Waals surface area contributed by atoms with E-state index in [0.717, 1.165) is 11.8 Å². The monoisotopic (exact) mass is 325 g/mol. The molecule has 0 bridgehead atoms. The molecular weight excluding hydrogens is 312 g/mol. The molecule has 0 unspecified atom stereocenters. The maximum atomic E-state index is 11.3. The van der Waals surface area contributed by atoms with Gasteiger partial charge in [-0.25, -0.2) is 4.98 Å². The quantitative estimate of drug-likeness (QED) is 0.676. The van der Waals surface area contributed by atoms with E-state index in [2.05, 4.69) is 15.8 Å². The molecule has 1 heterocycles. The first kappa shape index (κ1) is 16.3. The number of nitrogens with one attached hydrogen (secondary N) is 1. The van der Waals surface area contributed by atoms with Crippen molar-refractivity contribution in [1.82, 2.24) is 0 Å². The van der Waals surface area contributed by atoms with Crippen LogP contribution < -0.4 is 10.7 Å². The number of hydrogen-bond acceptors (Lipinski definition) is 6. The van der Waals surface area contributed by atoms with Gasteiger partial charge in [-0.15, -0.1) is 0 Å². The molecule has 0 atom stereocenters. The van der Waals surface area contributed by atoms with E-state index in [9.17, 15) is 15.3 Å². The zero-order valence-electron chi connectivity index (χ0n) is 12.3. The third kappa shape index (κ3) is 3.42. The van der Waals surface area contributed by atoms with Crippen molar-refractivity contribution in [3.05, 3.63) is 41.5 Å². The first-order valence-corrected chi connectivity index (χ1v) is 7.55. The smallest absolute Gasteiger partial charge is 0.316 e. The number of nitriles is 2. The van der Waals surface area contributed by atoms with Gasteiger partial charge in [-0.3, -0.25) is 10.5 Å². The number of nitrogens with zero attached hydrogens (tertiary/aromatic N) is 2. The topological polar surface area (TPSA) is 114 Å². The maximum Gasteiger partial charge on any atom is 0.316 e. The second-order valence-electron chi connectivity index (χ2n) is 4.45. The number of ether oxygens (including phenoxy) is 1. The minimum Gasteiger partial charge on any atom is -0.468 e. The van der Waals surface area contributed by atoms with E-state index in [1.54, 1.807) is 12.1 Å². The van der Waals surface area contributed by atoms with E-state index in [-0.39, 0.29) is 22.7 Å². The molecule has 7 heteroatoms. The highest BCUT2D eigenvalue weighted by atomic mass is 32.2. The number of benzene rings is 1. The van der Waals surface area contributed by atoms with E-state index < -0.39 is 5.97 Å². The molecule has 114 valence electrons. The summed E-state index contributed by atoms with van der Waals surface area (Å²) in [4.78, 5) is 14.1. The Labute approximate surface area is 137 Å². The molecule has 0 aliphatic heterocycles. The molecule has 0 fully saturated rings. The minimum absolute atomic E-state index is 0.0290. The van der Waals surface area contributed by atoms with Crippen LogP contribution in [0.1, 0.15) is 11.1 Å². The van der Waals surface area contributed by atoms with E-state index >= 15 is 0 Å². The maximum absolute atomic E-state index is 11.3. The number of hydrogen-bond donors (Lipinski definition) is 1. The lowest BCUT2D eigenvalue weighted by atomic mass is 9.97.